The summed E-state index contributed by atoms with van der Waals surface area (Å²) in [6, 6.07) is -1.32. The van der Waals surface area contributed by atoms with Gasteiger partial charge in [0, 0.05) is 25.6 Å². The number of rotatable bonds is 9. The Bertz CT molecular complexity index is 360. The molecule has 0 heterocycles. The number of carboxylic acids is 1. The first kappa shape index (κ1) is 19.2. The van der Waals surface area contributed by atoms with E-state index in [0.29, 0.717) is 19.1 Å². The summed E-state index contributed by atoms with van der Waals surface area (Å²) in [5.41, 5.74) is 0. The van der Waals surface area contributed by atoms with Crippen molar-refractivity contribution in [3.05, 3.63) is 0 Å². The fourth-order valence-electron chi connectivity index (χ4n) is 1.43. The molecule has 0 spiro atoms. The average molecular weight is 303 g/mol. The van der Waals surface area contributed by atoms with E-state index in [-0.39, 0.29) is 12.8 Å². The molecule has 8 nitrogen and oxygen atoms in total. The molecule has 0 fully saturated rings. The Labute approximate surface area is 124 Å². The second-order valence-electron chi connectivity index (χ2n) is 4.98. The van der Waals surface area contributed by atoms with Crippen molar-refractivity contribution in [2.24, 2.45) is 0 Å². The minimum Gasteiger partial charge on any atom is -0.480 e. The minimum absolute atomic E-state index is 0.0126. The Morgan fingerprint density at radius 3 is 2.38 bits per heavy atom. The van der Waals surface area contributed by atoms with Crippen molar-refractivity contribution in [1.82, 2.24) is 15.5 Å². The summed E-state index contributed by atoms with van der Waals surface area (Å²) in [6.45, 7) is 5.13. The monoisotopic (exact) mass is 303 g/mol. The van der Waals surface area contributed by atoms with Crippen molar-refractivity contribution in [2.75, 3.05) is 27.2 Å². The quantitative estimate of drug-likeness (QED) is 0.519. The number of hydrogen-bond donors (Lipinski definition) is 3. The lowest BCUT2D eigenvalue weighted by molar-refractivity contribution is -0.142. The third-order valence-electron chi connectivity index (χ3n) is 3.10. The predicted molar refractivity (Wildman–Crippen MR) is 77.0 cm³/mol. The Balaban J connectivity index is 4.12. The number of aliphatic carboxylic acids is 1. The van der Waals surface area contributed by atoms with E-state index in [1.807, 2.05) is 25.8 Å². The molecule has 3 N–H and O–H groups in total. The van der Waals surface area contributed by atoms with Crippen LogP contribution in [0.5, 0.6) is 0 Å². The summed E-state index contributed by atoms with van der Waals surface area (Å²) >= 11 is 0. The highest BCUT2D eigenvalue weighted by Crippen LogP contribution is 1.99. The van der Waals surface area contributed by atoms with Crippen LogP contribution in [-0.2, 0) is 14.3 Å². The molecule has 0 aliphatic rings. The molecule has 0 aromatic rings. The molecule has 0 aromatic carbocycles. The van der Waals surface area contributed by atoms with Crippen molar-refractivity contribution >= 4 is 18.0 Å². The number of hydrogen-bond acceptors (Lipinski definition) is 5. The van der Waals surface area contributed by atoms with Crippen molar-refractivity contribution in [3.63, 3.8) is 0 Å². The third-order valence-corrected chi connectivity index (χ3v) is 3.10. The molecule has 0 bridgehead atoms. The van der Waals surface area contributed by atoms with Gasteiger partial charge in [0.25, 0.3) is 0 Å². The van der Waals surface area contributed by atoms with Gasteiger partial charge in [-0.25, -0.2) is 9.59 Å². The van der Waals surface area contributed by atoms with E-state index < -0.39 is 24.0 Å². The van der Waals surface area contributed by atoms with Crippen molar-refractivity contribution < 1.29 is 24.2 Å². The molecule has 0 aliphatic heterocycles. The number of methoxy groups -OCH3 is 1. The van der Waals surface area contributed by atoms with Gasteiger partial charge in [-0.3, -0.25) is 4.79 Å². The lowest BCUT2D eigenvalue weighted by Gasteiger charge is -2.21. The summed E-state index contributed by atoms with van der Waals surface area (Å²) in [5.74, 6) is -1.70. The summed E-state index contributed by atoms with van der Waals surface area (Å²) in [5, 5.41) is 13.9. The highest BCUT2D eigenvalue weighted by molar-refractivity contribution is 5.83. The predicted octanol–water partition coefficient (Wildman–Crippen LogP) is 0.0322. The van der Waals surface area contributed by atoms with Gasteiger partial charge in [-0.1, -0.05) is 0 Å². The first-order valence-corrected chi connectivity index (χ1v) is 6.82. The zero-order valence-electron chi connectivity index (χ0n) is 13.0. The normalized spacial score (nSPS) is 12.1. The molecule has 21 heavy (non-hydrogen) atoms. The van der Waals surface area contributed by atoms with Crippen LogP contribution in [0.3, 0.4) is 0 Å². The van der Waals surface area contributed by atoms with Crippen LogP contribution in [0.2, 0.25) is 0 Å². The molecule has 0 rings (SSSR count). The lowest BCUT2D eigenvalue weighted by Crippen LogP contribution is -2.47. The van der Waals surface area contributed by atoms with Gasteiger partial charge in [0.1, 0.15) is 6.04 Å². The number of esters is 1. The standard InChI is InChI=1S/C13H25N3O5/c1-9(2)16(3)8-7-14-13(20)15-10(12(18)19)5-6-11(17)21-4/h9-10H,5-8H2,1-4H3,(H,18,19)(H2,14,15,20)/t10-/m0/s1. The Kier molecular flexibility index (Phi) is 9.11. The smallest absolute Gasteiger partial charge is 0.326 e. The van der Waals surface area contributed by atoms with E-state index in [0.717, 1.165) is 0 Å². The lowest BCUT2D eigenvalue weighted by atomic mass is 10.1. The van der Waals surface area contributed by atoms with Crippen LogP contribution < -0.4 is 10.6 Å². The molecule has 0 radical (unpaired) electrons. The van der Waals surface area contributed by atoms with Crippen LogP contribution >= 0.6 is 0 Å². The number of amides is 2. The zero-order valence-corrected chi connectivity index (χ0v) is 13.0. The van der Waals surface area contributed by atoms with Crippen LogP contribution in [-0.4, -0.2) is 67.3 Å². The van der Waals surface area contributed by atoms with E-state index >= 15 is 0 Å². The molecule has 8 heteroatoms. The van der Waals surface area contributed by atoms with Gasteiger partial charge in [0.05, 0.1) is 7.11 Å². The van der Waals surface area contributed by atoms with E-state index in [2.05, 4.69) is 15.4 Å². The summed E-state index contributed by atoms with van der Waals surface area (Å²) < 4.78 is 4.43. The highest BCUT2D eigenvalue weighted by Gasteiger charge is 2.21. The zero-order chi connectivity index (χ0) is 16.4. The molecule has 0 aromatic heterocycles. The van der Waals surface area contributed by atoms with Gasteiger partial charge < -0.3 is 25.4 Å². The third kappa shape index (κ3) is 8.85. The molecular formula is C13H25N3O5. The number of nitrogens with one attached hydrogen (secondary N) is 2. The molecule has 0 saturated heterocycles. The van der Waals surface area contributed by atoms with E-state index in [9.17, 15) is 14.4 Å². The fraction of sp³-hybridized carbons (Fsp3) is 0.769. The molecule has 0 saturated carbocycles. The first-order valence-electron chi connectivity index (χ1n) is 6.82. The maximum atomic E-state index is 11.6. The molecule has 0 aliphatic carbocycles. The number of urea groups is 1. The number of nitrogens with zero attached hydrogens (tertiary/aromatic N) is 1. The van der Waals surface area contributed by atoms with Gasteiger partial charge in [-0.05, 0) is 27.3 Å². The van der Waals surface area contributed by atoms with Crippen LogP contribution in [0, 0.1) is 0 Å². The van der Waals surface area contributed by atoms with Gasteiger partial charge in [0.2, 0.25) is 0 Å². The van der Waals surface area contributed by atoms with Gasteiger partial charge in [0.15, 0.2) is 0 Å². The Morgan fingerprint density at radius 1 is 1.29 bits per heavy atom. The first-order chi connectivity index (χ1) is 9.77. The van der Waals surface area contributed by atoms with Gasteiger partial charge in [-0.2, -0.15) is 0 Å². The van der Waals surface area contributed by atoms with Gasteiger partial charge >= 0.3 is 18.0 Å². The van der Waals surface area contributed by atoms with Crippen molar-refractivity contribution in [1.29, 1.82) is 0 Å². The van der Waals surface area contributed by atoms with Gasteiger partial charge in [-0.15, -0.1) is 0 Å². The van der Waals surface area contributed by atoms with Crippen LogP contribution in [0.15, 0.2) is 0 Å². The fourth-order valence-corrected chi connectivity index (χ4v) is 1.43. The summed E-state index contributed by atoms with van der Waals surface area (Å²) in [7, 11) is 3.16. The number of carbonyl (C=O) groups is 3. The van der Waals surface area contributed by atoms with Crippen LogP contribution in [0.4, 0.5) is 4.79 Å². The number of carboxylic acid groups (broad SMARTS) is 1. The number of carbonyl (C=O) groups excluding carboxylic acids is 2. The maximum Gasteiger partial charge on any atom is 0.326 e. The Hall–Kier alpha value is -1.83. The second-order valence-corrected chi connectivity index (χ2v) is 4.98. The van der Waals surface area contributed by atoms with E-state index in [1.54, 1.807) is 0 Å². The van der Waals surface area contributed by atoms with Crippen molar-refractivity contribution in [3.8, 4) is 0 Å². The maximum absolute atomic E-state index is 11.6. The number of ether oxygens (including phenoxy) is 1. The summed E-state index contributed by atoms with van der Waals surface area (Å²) in [4.78, 5) is 35.6. The molecule has 2 amide bonds. The molecular weight excluding hydrogens is 278 g/mol. The molecule has 0 unspecified atom stereocenters. The molecule has 122 valence electrons. The summed E-state index contributed by atoms with van der Waals surface area (Å²) in [6.07, 6.45) is -0.0782. The number of likely N-dealkylation sites (N-methyl/N-ethyl adjacent to an activating group) is 1. The average Bonchev–Trinajstić information content (AvgIpc) is 2.42. The second kappa shape index (κ2) is 9.98. The van der Waals surface area contributed by atoms with Crippen molar-refractivity contribution in [2.45, 2.75) is 38.8 Å². The van der Waals surface area contributed by atoms with E-state index in [4.69, 9.17) is 5.11 Å². The van der Waals surface area contributed by atoms with Crippen LogP contribution in [0.25, 0.3) is 0 Å². The minimum atomic E-state index is -1.19. The topological polar surface area (TPSA) is 108 Å². The highest BCUT2D eigenvalue weighted by atomic mass is 16.5. The SMILES string of the molecule is COC(=O)CC[C@H](NC(=O)NCCN(C)C(C)C)C(=O)O. The largest absolute Gasteiger partial charge is 0.480 e. The Morgan fingerprint density at radius 2 is 1.90 bits per heavy atom. The molecule has 1 atom stereocenters. The van der Waals surface area contributed by atoms with E-state index in [1.165, 1.54) is 7.11 Å². The van der Waals surface area contributed by atoms with Crippen LogP contribution in [0.1, 0.15) is 26.7 Å².